The Balaban J connectivity index is 3.01. The summed E-state index contributed by atoms with van der Waals surface area (Å²) in [5.41, 5.74) is 0.594. The molecule has 0 N–H and O–H groups in total. The van der Waals surface area contributed by atoms with Gasteiger partial charge in [-0.05, 0) is 55.2 Å². The third-order valence-corrected chi connectivity index (χ3v) is 10.9. The molecule has 2 atom stereocenters. The molecule has 0 saturated heterocycles. The zero-order chi connectivity index (χ0) is 21.0. The number of halogens is 1. The van der Waals surface area contributed by atoms with Gasteiger partial charge < -0.3 is 9.16 Å². The van der Waals surface area contributed by atoms with Gasteiger partial charge in [-0.2, -0.15) is 0 Å². The van der Waals surface area contributed by atoms with Crippen LogP contribution in [0.4, 0.5) is 0 Å². The van der Waals surface area contributed by atoms with Crippen LogP contribution in [0.3, 0.4) is 0 Å². The Morgan fingerprint density at radius 2 is 1.96 bits per heavy atom. The van der Waals surface area contributed by atoms with E-state index in [0.29, 0.717) is 6.42 Å². The Labute approximate surface area is 175 Å². The number of hydrogen-bond acceptors (Lipinski definition) is 3. The summed E-state index contributed by atoms with van der Waals surface area (Å²) in [6.07, 6.45) is 5.40. The van der Waals surface area contributed by atoms with Crippen molar-refractivity contribution >= 4 is 30.0 Å². The van der Waals surface area contributed by atoms with Crippen LogP contribution in [0.5, 0.6) is 0 Å². The van der Waals surface area contributed by atoms with Gasteiger partial charge in [0.2, 0.25) is 0 Å². The summed E-state index contributed by atoms with van der Waals surface area (Å²) in [5, 5.41) is 0.138. The van der Waals surface area contributed by atoms with Gasteiger partial charge in [0.25, 0.3) is 0 Å². The molecule has 0 aromatic carbocycles. The lowest BCUT2D eigenvalue weighted by molar-refractivity contribution is -0.126. The van der Waals surface area contributed by atoms with Crippen molar-refractivity contribution in [1.29, 1.82) is 0 Å². The van der Waals surface area contributed by atoms with E-state index >= 15 is 0 Å². The van der Waals surface area contributed by atoms with Crippen LogP contribution in [0.2, 0.25) is 18.1 Å². The summed E-state index contributed by atoms with van der Waals surface area (Å²) >= 11 is 3.48. The second kappa shape index (κ2) is 9.23. The van der Waals surface area contributed by atoms with Crippen LogP contribution in [-0.4, -0.2) is 27.3 Å². The number of allylic oxidation sites excluding steroid dienone is 3. The molecule has 0 saturated carbocycles. The zero-order valence-corrected chi connectivity index (χ0v) is 20.8. The van der Waals surface area contributed by atoms with E-state index in [1.807, 2.05) is 6.92 Å². The van der Waals surface area contributed by atoms with Crippen LogP contribution < -0.4 is 0 Å². The standard InChI is InChI=1S/C22H37BrO3Si/c1-16(2)19(26-27(8,9)21(4,5)6)11-13-22(15-17(3)23)12-10-18(25-7)14-20(22)24/h14,19H,1,3,10-13,15H2,2,4-9H3/t19-,22+/m0/s1. The molecule has 0 aliphatic heterocycles. The first-order chi connectivity index (χ1) is 12.2. The molecule has 0 bridgehead atoms. The molecule has 0 radical (unpaired) electrons. The lowest BCUT2D eigenvalue weighted by Gasteiger charge is -2.41. The molecular weight excluding hydrogens is 420 g/mol. The highest BCUT2D eigenvalue weighted by Gasteiger charge is 2.42. The molecule has 0 amide bonds. The first-order valence-electron chi connectivity index (χ1n) is 9.69. The number of carbonyl (C=O) groups excluding carboxylic acids is 1. The minimum absolute atomic E-state index is 0.0213. The molecular formula is C22H37BrO3Si. The minimum Gasteiger partial charge on any atom is -0.501 e. The Bertz CT molecular complexity index is 616. The number of rotatable bonds is 9. The van der Waals surface area contributed by atoms with Crippen LogP contribution in [0.15, 0.2) is 35.0 Å². The molecule has 3 nitrogen and oxygen atoms in total. The van der Waals surface area contributed by atoms with Gasteiger partial charge in [0, 0.05) is 17.9 Å². The Hall–Kier alpha value is -0.653. The normalized spacial score (nSPS) is 22.2. The van der Waals surface area contributed by atoms with E-state index in [1.54, 1.807) is 13.2 Å². The molecule has 154 valence electrons. The van der Waals surface area contributed by atoms with Gasteiger partial charge in [-0.15, -0.1) is 0 Å². The van der Waals surface area contributed by atoms with Crippen molar-refractivity contribution in [2.75, 3.05) is 7.11 Å². The molecule has 0 spiro atoms. The quantitative estimate of drug-likeness (QED) is 0.279. The van der Waals surface area contributed by atoms with Gasteiger partial charge in [0.05, 0.1) is 19.0 Å². The molecule has 1 aliphatic carbocycles. The van der Waals surface area contributed by atoms with E-state index in [-0.39, 0.29) is 16.9 Å². The topological polar surface area (TPSA) is 35.5 Å². The summed E-state index contributed by atoms with van der Waals surface area (Å²) in [5.74, 6) is 0.906. The predicted octanol–water partition coefficient (Wildman–Crippen LogP) is 6.91. The van der Waals surface area contributed by atoms with E-state index in [9.17, 15) is 4.79 Å². The van der Waals surface area contributed by atoms with E-state index in [1.165, 1.54) is 0 Å². The lowest BCUT2D eigenvalue weighted by atomic mass is 9.69. The molecule has 0 heterocycles. The van der Waals surface area contributed by atoms with Crippen LogP contribution >= 0.6 is 15.9 Å². The lowest BCUT2D eigenvalue weighted by Crippen LogP contribution is -2.44. The molecule has 5 heteroatoms. The highest BCUT2D eigenvalue weighted by atomic mass is 79.9. The van der Waals surface area contributed by atoms with Gasteiger partial charge in [-0.3, -0.25) is 4.79 Å². The second-order valence-electron chi connectivity index (χ2n) is 9.41. The summed E-state index contributed by atoms with van der Waals surface area (Å²) < 4.78 is 12.8. The Morgan fingerprint density at radius 1 is 1.37 bits per heavy atom. The molecule has 1 aliphatic rings. The van der Waals surface area contributed by atoms with Crippen molar-refractivity contribution in [3.05, 3.63) is 35.0 Å². The third kappa shape index (κ3) is 6.43. The molecule has 0 fully saturated rings. The van der Waals surface area contributed by atoms with E-state index < -0.39 is 13.7 Å². The number of hydrogen-bond donors (Lipinski definition) is 0. The van der Waals surface area contributed by atoms with Crippen molar-refractivity contribution in [2.24, 2.45) is 5.41 Å². The monoisotopic (exact) mass is 456 g/mol. The fraction of sp³-hybridized carbons (Fsp3) is 0.682. The van der Waals surface area contributed by atoms with Crippen molar-refractivity contribution in [3.8, 4) is 0 Å². The second-order valence-corrected chi connectivity index (χ2v) is 15.3. The molecule has 0 aromatic heterocycles. The number of ketones is 1. The maximum Gasteiger partial charge on any atom is 0.192 e. The maximum absolute atomic E-state index is 13.0. The molecule has 27 heavy (non-hydrogen) atoms. The van der Waals surface area contributed by atoms with Crippen molar-refractivity contribution in [2.45, 2.75) is 84.0 Å². The number of methoxy groups -OCH3 is 1. The van der Waals surface area contributed by atoms with Crippen LogP contribution in [0.25, 0.3) is 0 Å². The molecule has 0 unspecified atom stereocenters. The molecule has 1 rings (SSSR count). The highest BCUT2D eigenvalue weighted by Crippen LogP contribution is 2.45. The summed E-state index contributed by atoms with van der Waals surface area (Å²) in [7, 11) is -0.287. The summed E-state index contributed by atoms with van der Waals surface area (Å²) in [6.45, 7) is 21.4. The first-order valence-corrected chi connectivity index (χ1v) is 13.4. The third-order valence-electron chi connectivity index (χ3n) is 6.13. The van der Waals surface area contributed by atoms with E-state index in [0.717, 1.165) is 41.5 Å². The van der Waals surface area contributed by atoms with Crippen LogP contribution in [-0.2, 0) is 14.0 Å². The smallest absolute Gasteiger partial charge is 0.192 e. The number of ether oxygens (including phenoxy) is 1. The SMILES string of the molecule is C=C(Br)C[C@]1(CC[C@H](O[Si](C)(C)C(C)(C)C)C(=C)C)CCC(OC)=CC1=O. The van der Waals surface area contributed by atoms with Crippen LogP contribution in [0.1, 0.15) is 59.8 Å². The Kier molecular flexibility index (Phi) is 8.34. The minimum atomic E-state index is -1.91. The van der Waals surface area contributed by atoms with Gasteiger partial charge in [-0.1, -0.05) is 55.4 Å². The Morgan fingerprint density at radius 3 is 2.37 bits per heavy atom. The van der Waals surface area contributed by atoms with Crippen molar-refractivity contribution in [3.63, 3.8) is 0 Å². The van der Waals surface area contributed by atoms with E-state index in [2.05, 4.69) is 63.0 Å². The maximum atomic E-state index is 13.0. The predicted molar refractivity (Wildman–Crippen MR) is 121 cm³/mol. The fourth-order valence-corrected chi connectivity index (χ4v) is 5.16. The van der Waals surface area contributed by atoms with Gasteiger partial charge in [0.1, 0.15) is 0 Å². The summed E-state index contributed by atoms with van der Waals surface area (Å²) in [6, 6.07) is 0. The zero-order valence-electron chi connectivity index (χ0n) is 18.2. The summed E-state index contributed by atoms with van der Waals surface area (Å²) in [4.78, 5) is 13.0. The number of carbonyl (C=O) groups is 1. The fourth-order valence-electron chi connectivity index (χ4n) is 3.24. The van der Waals surface area contributed by atoms with Crippen LogP contribution in [0, 0.1) is 5.41 Å². The van der Waals surface area contributed by atoms with Gasteiger partial charge >= 0.3 is 0 Å². The molecule has 0 aromatic rings. The van der Waals surface area contributed by atoms with Gasteiger partial charge in [0.15, 0.2) is 14.1 Å². The van der Waals surface area contributed by atoms with Gasteiger partial charge in [-0.25, -0.2) is 0 Å². The first kappa shape index (κ1) is 24.4. The van der Waals surface area contributed by atoms with Crippen molar-refractivity contribution in [1.82, 2.24) is 0 Å². The average molecular weight is 458 g/mol. The average Bonchev–Trinajstić information content (AvgIpc) is 2.51. The van der Waals surface area contributed by atoms with E-state index in [4.69, 9.17) is 9.16 Å². The van der Waals surface area contributed by atoms with Crippen molar-refractivity contribution < 1.29 is 14.0 Å². The largest absolute Gasteiger partial charge is 0.501 e. The highest BCUT2D eigenvalue weighted by molar-refractivity contribution is 9.11.